The Kier molecular flexibility index (Phi) is 6.37. The van der Waals surface area contributed by atoms with Crippen molar-refractivity contribution in [2.24, 2.45) is 0 Å². The summed E-state index contributed by atoms with van der Waals surface area (Å²) in [5.41, 5.74) is 2.10. The van der Waals surface area contributed by atoms with E-state index in [0.29, 0.717) is 37.7 Å². The van der Waals surface area contributed by atoms with Gasteiger partial charge in [-0.05, 0) is 31.0 Å². The van der Waals surface area contributed by atoms with Crippen molar-refractivity contribution in [1.82, 2.24) is 15.0 Å². The number of nitrogens with zero attached hydrogens (tertiary/aromatic N) is 3. The smallest absolute Gasteiger partial charge is 0.404 e. The number of carbonyl (C=O) groups is 1. The van der Waals surface area contributed by atoms with Gasteiger partial charge in [0.25, 0.3) is 5.92 Å². The maximum Gasteiger partial charge on any atom is 0.404 e. The molecule has 1 fully saturated rings. The second kappa shape index (κ2) is 9.36. The number of benzene rings is 2. The molecule has 0 radical (unpaired) electrons. The molecule has 2 aromatic carbocycles. The molecule has 5 rings (SSSR count). The second-order valence-electron chi connectivity index (χ2n) is 8.51. The van der Waals surface area contributed by atoms with Gasteiger partial charge < -0.3 is 14.2 Å². The third-order valence-electron chi connectivity index (χ3n) is 5.88. The van der Waals surface area contributed by atoms with Crippen molar-refractivity contribution in [2.45, 2.75) is 44.3 Å². The maximum atomic E-state index is 15.0. The number of halogens is 4. The Morgan fingerprint density at radius 1 is 1.17 bits per heavy atom. The summed E-state index contributed by atoms with van der Waals surface area (Å²) < 4.78 is 59.3. The van der Waals surface area contributed by atoms with Gasteiger partial charge in [-0.2, -0.15) is 0 Å². The molecular formula is C24H19ClF3N3O4S. The van der Waals surface area contributed by atoms with E-state index in [4.69, 9.17) is 25.8 Å². The highest BCUT2D eigenvalue weighted by Gasteiger charge is 2.44. The van der Waals surface area contributed by atoms with E-state index in [1.54, 1.807) is 0 Å². The number of hydrogen-bond acceptors (Lipinski definition) is 8. The SMILES string of the molecule is COc1cnc2c(-c3nc4cc(F)c(O[C@H]5CC(F)(F)CC[C@H]5OC(=O)Cl)cc4s3)cc(C)cc2n1. The molecule has 0 saturated heterocycles. The summed E-state index contributed by atoms with van der Waals surface area (Å²) in [5.74, 6) is -3.68. The van der Waals surface area contributed by atoms with Crippen molar-refractivity contribution in [1.29, 1.82) is 0 Å². The van der Waals surface area contributed by atoms with Gasteiger partial charge in [-0.25, -0.2) is 32.9 Å². The van der Waals surface area contributed by atoms with Crippen molar-refractivity contribution in [3.63, 3.8) is 0 Å². The first-order valence-electron chi connectivity index (χ1n) is 10.9. The van der Waals surface area contributed by atoms with Crippen LogP contribution in [0.15, 0.2) is 30.5 Å². The molecule has 2 heterocycles. The summed E-state index contributed by atoms with van der Waals surface area (Å²) in [6, 6.07) is 6.37. The zero-order chi connectivity index (χ0) is 25.6. The highest BCUT2D eigenvalue weighted by atomic mass is 35.5. The van der Waals surface area contributed by atoms with Crippen molar-refractivity contribution in [3.8, 4) is 22.2 Å². The van der Waals surface area contributed by atoms with Crippen LogP contribution in [0.3, 0.4) is 0 Å². The van der Waals surface area contributed by atoms with Crippen LogP contribution < -0.4 is 9.47 Å². The van der Waals surface area contributed by atoms with E-state index in [0.717, 1.165) is 5.56 Å². The van der Waals surface area contributed by atoms with E-state index < -0.39 is 42.2 Å². The van der Waals surface area contributed by atoms with E-state index >= 15 is 0 Å². The van der Waals surface area contributed by atoms with Gasteiger partial charge in [0.2, 0.25) is 5.88 Å². The fourth-order valence-corrected chi connectivity index (χ4v) is 5.35. The molecule has 1 aliphatic carbocycles. The number of alkyl halides is 2. The van der Waals surface area contributed by atoms with Crippen LogP contribution in [-0.4, -0.2) is 45.6 Å². The Hall–Kier alpha value is -3.18. The van der Waals surface area contributed by atoms with Crippen LogP contribution in [0.1, 0.15) is 24.8 Å². The molecule has 188 valence electrons. The summed E-state index contributed by atoms with van der Waals surface area (Å²) >= 11 is 6.56. The number of methoxy groups -OCH3 is 1. The van der Waals surface area contributed by atoms with Gasteiger partial charge in [0.1, 0.15) is 17.2 Å². The van der Waals surface area contributed by atoms with Gasteiger partial charge in [0.15, 0.2) is 11.6 Å². The lowest BCUT2D eigenvalue weighted by Crippen LogP contribution is -2.44. The van der Waals surface area contributed by atoms with Gasteiger partial charge >= 0.3 is 5.43 Å². The first-order valence-corrected chi connectivity index (χ1v) is 12.1. The predicted octanol–water partition coefficient (Wildman–Crippen LogP) is 6.67. The van der Waals surface area contributed by atoms with E-state index in [1.165, 1.54) is 36.8 Å². The Labute approximate surface area is 212 Å². The highest BCUT2D eigenvalue weighted by molar-refractivity contribution is 7.21. The molecule has 1 aliphatic rings. The van der Waals surface area contributed by atoms with Crippen LogP contribution in [0.4, 0.5) is 18.0 Å². The Bertz CT molecular complexity index is 1480. The number of thiazole rings is 1. The molecule has 0 N–H and O–H groups in total. The molecule has 0 aliphatic heterocycles. The highest BCUT2D eigenvalue weighted by Crippen LogP contribution is 2.40. The van der Waals surface area contributed by atoms with Crippen LogP contribution in [0, 0.1) is 12.7 Å². The number of aryl methyl sites for hydroxylation is 1. The summed E-state index contributed by atoms with van der Waals surface area (Å²) in [7, 11) is 1.50. The van der Waals surface area contributed by atoms with Crippen molar-refractivity contribution < 1.29 is 32.2 Å². The molecule has 4 aromatic rings. The number of fused-ring (bicyclic) bond motifs is 2. The average molecular weight is 538 g/mol. The number of ether oxygens (including phenoxy) is 3. The predicted molar refractivity (Wildman–Crippen MR) is 129 cm³/mol. The fourth-order valence-electron chi connectivity index (χ4n) is 4.25. The molecule has 0 unspecified atom stereocenters. The summed E-state index contributed by atoms with van der Waals surface area (Å²) in [5, 5.41) is 0.577. The first kappa shape index (κ1) is 24.5. The number of rotatable bonds is 5. The van der Waals surface area contributed by atoms with E-state index in [2.05, 4.69) is 15.0 Å². The molecular weight excluding hydrogens is 519 g/mol. The minimum atomic E-state index is -3.03. The van der Waals surface area contributed by atoms with Gasteiger partial charge in [0, 0.05) is 35.7 Å². The molecule has 1 saturated carbocycles. The third-order valence-corrected chi connectivity index (χ3v) is 7.02. The van der Waals surface area contributed by atoms with Crippen LogP contribution in [0.5, 0.6) is 11.6 Å². The van der Waals surface area contributed by atoms with Crippen LogP contribution in [0.2, 0.25) is 0 Å². The third kappa shape index (κ3) is 4.90. The fraction of sp³-hybridized carbons (Fsp3) is 0.333. The quantitative estimate of drug-likeness (QED) is 0.263. The zero-order valence-electron chi connectivity index (χ0n) is 19.1. The van der Waals surface area contributed by atoms with Crippen molar-refractivity contribution in [3.05, 3.63) is 41.8 Å². The first-order chi connectivity index (χ1) is 17.1. The van der Waals surface area contributed by atoms with E-state index in [9.17, 15) is 18.0 Å². The summed E-state index contributed by atoms with van der Waals surface area (Å²) in [4.78, 5) is 24.7. The van der Waals surface area contributed by atoms with Crippen molar-refractivity contribution >= 4 is 49.6 Å². The molecule has 0 amide bonds. The molecule has 0 bridgehead atoms. The summed E-state index contributed by atoms with van der Waals surface area (Å²) in [6.07, 6.45) is -2.15. The number of carbonyl (C=O) groups excluding carboxylic acids is 1. The van der Waals surface area contributed by atoms with Crippen LogP contribution in [-0.2, 0) is 4.74 Å². The molecule has 36 heavy (non-hydrogen) atoms. The number of hydrogen-bond donors (Lipinski definition) is 0. The monoisotopic (exact) mass is 537 g/mol. The van der Waals surface area contributed by atoms with E-state index in [1.807, 2.05) is 19.1 Å². The van der Waals surface area contributed by atoms with Crippen LogP contribution >= 0.6 is 22.9 Å². The Balaban J connectivity index is 1.51. The standard InChI is InChI=1S/C24H19ClF3N3O4S/c1-11-5-12(21-15(6-11)30-20(33-2)10-29-21)22-31-14-7-13(26)17(8-19(14)36-22)34-18-9-24(27,28)4-3-16(18)35-23(25)32/h5-8,10,16,18H,3-4,9H2,1-2H3/t16-,18+/m1/s1. The van der Waals surface area contributed by atoms with E-state index in [-0.39, 0.29) is 12.2 Å². The minimum Gasteiger partial charge on any atom is -0.483 e. The molecule has 2 aromatic heterocycles. The lowest BCUT2D eigenvalue weighted by atomic mass is 9.91. The summed E-state index contributed by atoms with van der Waals surface area (Å²) in [6.45, 7) is 1.91. The molecule has 12 heteroatoms. The largest absolute Gasteiger partial charge is 0.483 e. The number of aromatic nitrogens is 3. The topological polar surface area (TPSA) is 83.4 Å². The van der Waals surface area contributed by atoms with Crippen LogP contribution in [0.25, 0.3) is 31.8 Å². The average Bonchev–Trinajstić information content (AvgIpc) is 3.22. The lowest BCUT2D eigenvalue weighted by molar-refractivity contribution is -0.113. The molecule has 2 atom stereocenters. The van der Waals surface area contributed by atoms with Gasteiger partial charge in [0.05, 0.1) is 41.0 Å². The second-order valence-corrected chi connectivity index (χ2v) is 9.85. The zero-order valence-corrected chi connectivity index (χ0v) is 20.6. The van der Waals surface area contributed by atoms with Gasteiger partial charge in [-0.1, -0.05) is 0 Å². The molecule has 0 spiro atoms. The normalized spacial score (nSPS) is 19.4. The minimum absolute atomic E-state index is 0.156. The van der Waals surface area contributed by atoms with Crippen molar-refractivity contribution in [2.75, 3.05) is 7.11 Å². The Morgan fingerprint density at radius 3 is 2.72 bits per heavy atom. The lowest BCUT2D eigenvalue weighted by Gasteiger charge is -2.35. The van der Waals surface area contributed by atoms with Gasteiger partial charge in [-0.15, -0.1) is 11.3 Å². The van der Waals surface area contributed by atoms with Gasteiger partial charge in [-0.3, -0.25) is 0 Å². The maximum absolute atomic E-state index is 15.0. The molecule has 7 nitrogen and oxygen atoms in total. The Morgan fingerprint density at radius 2 is 1.97 bits per heavy atom.